The molecule has 12 heteroatoms. The highest BCUT2D eigenvalue weighted by molar-refractivity contribution is 6.30. The molecular weight excluding hydrogens is 582 g/mol. The molecule has 2 aliphatic carbocycles. The highest BCUT2D eigenvalue weighted by Crippen LogP contribution is 2.62. The number of cyclic esters (lactones) is 1. The molecule has 1 saturated carbocycles. The molecule has 238 valence electrons. The lowest BCUT2D eigenvalue weighted by Gasteiger charge is -2.59. The van der Waals surface area contributed by atoms with Gasteiger partial charge in [0.15, 0.2) is 0 Å². The smallest absolute Gasteiger partial charge is 0.355 e. The number of nitrogens with one attached hydrogen (secondary N) is 1. The van der Waals surface area contributed by atoms with Crippen molar-refractivity contribution in [2.45, 2.75) is 56.9 Å². The van der Waals surface area contributed by atoms with Crippen LogP contribution >= 0.6 is 11.6 Å². The minimum Gasteiger partial charge on any atom is -0.459 e. The summed E-state index contributed by atoms with van der Waals surface area (Å²) in [5.74, 6) is -3.65. The number of carbonyl (C=O) groups is 2. The minimum atomic E-state index is -1.04. The molecule has 0 radical (unpaired) electrons. The zero-order chi connectivity index (χ0) is 31.1. The van der Waals surface area contributed by atoms with Crippen LogP contribution in [0.3, 0.4) is 0 Å². The summed E-state index contributed by atoms with van der Waals surface area (Å²) in [6.45, 7) is 4.07. The number of rotatable bonds is 9. The van der Waals surface area contributed by atoms with E-state index in [4.69, 9.17) is 40.0 Å². The molecule has 0 aromatic carbocycles. The molecule has 0 amide bonds. The van der Waals surface area contributed by atoms with E-state index in [2.05, 4.69) is 4.98 Å². The zero-order valence-corrected chi connectivity index (χ0v) is 25.9. The van der Waals surface area contributed by atoms with Crippen LogP contribution in [0.15, 0.2) is 36.1 Å². The van der Waals surface area contributed by atoms with Gasteiger partial charge in [0.05, 0.1) is 49.1 Å². The van der Waals surface area contributed by atoms with Gasteiger partial charge in [0.1, 0.15) is 24.0 Å². The van der Waals surface area contributed by atoms with E-state index in [1.54, 1.807) is 0 Å². The summed E-state index contributed by atoms with van der Waals surface area (Å²) in [5, 5.41) is 23.4. The Morgan fingerprint density at radius 3 is 2.60 bits per heavy atom. The van der Waals surface area contributed by atoms with E-state index in [1.165, 1.54) is 33.6 Å². The lowest BCUT2D eigenvalue weighted by molar-refractivity contribution is -0.248. The van der Waals surface area contributed by atoms with Crippen LogP contribution < -0.4 is 0 Å². The largest absolute Gasteiger partial charge is 0.459 e. The number of aliphatic hydroxyl groups is 2. The third-order valence-electron chi connectivity index (χ3n) is 9.81. The van der Waals surface area contributed by atoms with Crippen molar-refractivity contribution < 1.29 is 48.2 Å². The molecule has 1 spiro atoms. The van der Waals surface area contributed by atoms with Gasteiger partial charge in [-0.15, -0.1) is 0 Å². The van der Waals surface area contributed by atoms with Crippen molar-refractivity contribution in [2.75, 3.05) is 41.2 Å². The number of allylic oxidation sites excluding steroid dienone is 1. The summed E-state index contributed by atoms with van der Waals surface area (Å²) in [4.78, 5) is 29.7. The summed E-state index contributed by atoms with van der Waals surface area (Å²) >= 11 is 6.01. The number of methoxy groups -OCH3 is 3. The normalized spacial score (nSPS) is 40.7. The van der Waals surface area contributed by atoms with Gasteiger partial charge >= 0.3 is 11.9 Å². The molecule has 2 bridgehead atoms. The third-order valence-corrected chi connectivity index (χ3v) is 10.0. The van der Waals surface area contributed by atoms with Gasteiger partial charge in [0, 0.05) is 56.6 Å². The Morgan fingerprint density at radius 1 is 1.21 bits per heavy atom. The number of carbonyl (C=O) groups excluding carboxylic acids is 2. The molecule has 1 aromatic heterocycles. The number of fused-ring (bicyclic) bond motifs is 2. The summed E-state index contributed by atoms with van der Waals surface area (Å²) in [6, 6.07) is 1.48. The van der Waals surface area contributed by atoms with Crippen LogP contribution in [0, 0.1) is 35.0 Å². The van der Waals surface area contributed by atoms with Gasteiger partial charge in [-0.2, -0.15) is 0 Å². The van der Waals surface area contributed by atoms with Crippen molar-refractivity contribution >= 4 is 23.5 Å². The SMILES string of the molecule is COC[C@@H]1[C@@H](O)[C@@H]2C[C@@H](O[C@@H]3C=C[C@@H]4[C@@H](COC)C(=O)O[C@H]([C@H](O)COC)[C@H](C)/C=C(\C)[C@@]432)[C@@H]1OC(=O)c1cc(Cl)c[nH]1. The summed E-state index contributed by atoms with van der Waals surface area (Å²) in [6.07, 6.45) is 3.07. The highest BCUT2D eigenvalue weighted by Gasteiger charge is 2.67. The summed E-state index contributed by atoms with van der Waals surface area (Å²) < 4.78 is 35.0. The molecule has 1 saturated heterocycles. The van der Waals surface area contributed by atoms with E-state index in [9.17, 15) is 19.8 Å². The van der Waals surface area contributed by atoms with Gasteiger partial charge < -0.3 is 43.6 Å². The lowest BCUT2D eigenvalue weighted by atomic mass is 9.51. The summed E-state index contributed by atoms with van der Waals surface area (Å²) in [7, 11) is 4.54. The number of hydrogen-bond acceptors (Lipinski definition) is 10. The van der Waals surface area contributed by atoms with Crippen molar-refractivity contribution in [3.63, 3.8) is 0 Å². The van der Waals surface area contributed by atoms with Gasteiger partial charge in [0.25, 0.3) is 0 Å². The van der Waals surface area contributed by atoms with Gasteiger partial charge in [-0.3, -0.25) is 4.79 Å². The first kappa shape index (κ1) is 32.2. The molecule has 2 fully saturated rings. The first-order chi connectivity index (χ1) is 20.6. The van der Waals surface area contributed by atoms with Crippen molar-refractivity contribution in [3.05, 3.63) is 46.8 Å². The summed E-state index contributed by atoms with van der Waals surface area (Å²) in [5.41, 5.74) is 0.284. The Bertz CT molecular complexity index is 1230. The number of hydrogen-bond donors (Lipinski definition) is 3. The minimum absolute atomic E-state index is 0.000838. The maximum absolute atomic E-state index is 13.8. The number of esters is 2. The zero-order valence-electron chi connectivity index (χ0n) is 25.1. The van der Waals surface area contributed by atoms with Crippen LogP contribution in [0.25, 0.3) is 0 Å². The van der Waals surface area contributed by atoms with Crippen LogP contribution in [-0.2, 0) is 33.2 Å². The monoisotopic (exact) mass is 623 g/mol. The van der Waals surface area contributed by atoms with E-state index in [-0.39, 0.29) is 37.4 Å². The van der Waals surface area contributed by atoms with Crippen LogP contribution in [-0.4, -0.2) is 105 Å². The average Bonchev–Trinajstić information content (AvgIpc) is 3.59. The molecule has 4 aliphatic rings. The van der Waals surface area contributed by atoms with Crippen molar-refractivity contribution in [2.24, 2.45) is 35.0 Å². The number of H-pyrrole nitrogens is 1. The van der Waals surface area contributed by atoms with E-state index in [0.717, 1.165) is 5.57 Å². The number of aliphatic hydroxyl groups excluding tert-OH is 2. The second kappa shape index (κ2) is 13.0. The molecule has 5 rings (SSSR count). The van der Waals surface area contributed by atoms with Gasteiger partial charge in [-0.1, -0.05) is 42.3 Å². The fourth-order valence-corrected chi connectivity index (χ4v) is 8.22. The second-order valence-electron chi connectivity index (χ2n) is 12.2. The lowest BCUT2D eigenvalue weighted by Crippen LogP contribution is -2.66. The Hall–Kier alpha value is -2.25. The maximum Gasteiger partial charge on any atom is 0.355 e. The first-order valence-electron chi connectivity index (χ1n) is 14.7. The van der Waals surface area contributed by atoms with E-state index < -0.39 is 71.7 Å². The number of halogens is 1. The fourth-order valence-electron chi connectivity index (χ4n) is 8.06. The molecule has 0 unspecified atom stereocenters. The second-order valence-corrected chi connectivity index (χ2v) is 12.6. The van der Waals surface area contributed by atoms with Crippen LogP contribution in [0.4, 0.5) is 0 Å². The number of aromatic amines is 1. The molecule has 43 heavy (non-hydrogen) atoms. The molecule has 11 nitrogen and oxygen atoms in total. The predicted molar refractivity (Wildman–Crippen MR) is 154 cm³/mol. The number of aromatic nitrogens is 1. The standard InChI is InChI=1S/C31H42ClNO10/c1-15-8-16(2)31-20(18(12-38-3)29(36)42-27(15)23(34)14-40-5)6-7-25(31)41-24-10-21(31)26(35)19(13-39-4)28(24)43-30(37)22-9-17(32)11-33-22/h6-9,11,15,18-21,23-28,33-35H,10,12-14H2,1-5H3/b16-8+/t15-,18-,19-,20-,21+,23-,24-,25-,26-,27+,28-,31+/m1/s1. The van der Waals surface area contributed by atoms with Crippen molar-refractivity contribution in [3.8, 4) is 0 Å². The van der Waals surface area contributed by atoms with Gasteiger partial charge in [-0.25, -0.2) is 4.79 Å². The van der Waals surface area contributed by atoms with Gasteiger partial charge in [0.2, 0.25) is 0 Å². The van der Waals surface area contributed by atoms with E-state index >= 15 is 0 Å². The number of ether oxygens (including phenoxy) is 6. The Kier molecular flexibility index (Phi) is 9.72. The van der Waals surface area contributed by atoms with Crippen molar-refractivity contribution in [1.29, 1.82) is 0 Å². The quantitative estimate of drug-likeness (QED) is 0.277. The molecule has 1 aromatic rings. The fraction of sp³-hybridized carbons (Fsp3) is 0.677. The van der Waals surface area contributed by atoms with Crippen LogP contribution in [0.5, 0.6) is 0 Å². The topological polar surface area (TPSA) is 146 Å². The van der Waals surface area contributed by atoms with Crippen LogP contribution in [0.2, 0.25) is 5.02 Å². The maximum atomic E-state index is 13.8. The van der Waals surface area contributed by atoms with E-state index in [1.807, 2.05) is 32.1 Å². The van der Waals surface area contributed by atoms with Crippen LogP contribution in [0.1, 0.15) is 30.8 Å². The first-order valence-corrected chi connectivity index (χ1v) is 15.1. The van der Waals surface area contributed by atoms with E-state index in [0.29, 0.717) is 11.4 Å². The molecule has 3 N–H and O–H groups in total. The predicted octanol–water partition coefficient (Wildman–Crippen LogP) is 2.55. The Morgan fingerprint density at radius 2 is 1.95 bits per heavy atom. The Labute approximate surface area is 256 Å². The highest BCUT2D eigenvalue weighted by atomic mass is 35.5. The average molecular weight is 624 g/mol. The van der Waals surface area contributed by atoms with Gasteiger partial charge in [-0.05, 0) is 19.4 Å². The Balaban J connectivity index is 1.57. The molecule has 12 atom stereocenters. The molecular formula is C31H42ClNO10. The van der Waals surface area contributed by atoms with Crippen molar-refractivity contribution in [1.82, 2.24) is 4.98 Å². The molecule has 2 aliphatic heterocycles. The third kappa shape index (κ3) is 5.58. The molecule has 3 heterocycles.